The summed E-state index contributed by atoms with van der Waals surface area (Å²) >= 11 is 0. The predicted molar refractivity (Wildman–Crippen MR) is 344 cm³/mol. The van der Waals surface area contributed by atoms with Crippen LogP contribution < -0.4 is 57.5 Å². The number of ether oxygens (including phenoxy) is 2. The number of carbonyl (C=O) groups is 8. The van der Waals surface area contributed by atoms with Crippen molar-refractivity contribution in [2.75, 3.05) is 46.9 Å². The highest BCUT2D eigenvalue weighted by atomic mass is 19.4. The summed E-state index contributed by atoms with van der Waals surface area (Å²) in [4.78, 5) is 94.4. The molecule has 0 aliphatic rings. The number of ketones is 2. The zero-order valence-electron chi connectivity index (χ0n) is 55.0. The van der Waals surface area contributed by atoms with Gasteiger partial charge in [-0.3, -0.25) is 33.6 Å². The fraction of sp³-hybridized carbons (Fsp3) is 0.529. The van der Waals surface area contributed by atoms with E-state index in [4.69, 9.17) is 19.4 Å². The van der Waals surface area contributed by atoms with Crippen molar-refractivity contribution in [2.24, 2.45) is 11.8 Å². The Morgan fingerprint density at radius 1 is 0.556 bits per heavy atom. The molecular formula is C68H103F3N8O11. The summed E-state index contributed by atoms with van der Waals surface area (Å²) in [7, 11) is 3.88. The highest BCUT2D eigenvalue weighted by molar-refractivity contribution is 5.94. The number of quaternary nitrogens is 1. The highest BCUT2D eigenvalue weighted by Crippen LogP contribution is 2.21. The number of hydrogen-bond acceptors (Lipinski definition) is 14. The van der Waals surface area contributed by atoms with Gasteiger partial charge in [0.25, 0.3) is 5.91 Å². The van der Waals surface area contributed by atoms with E-state index in [9.17, 15) is 46.7 Å². The number of carbonyl (C=O) groups excluding carboxylic acids is 8. The number of rotatable bonds is 36. The Kier molecular flexibility index (Phi) is 44.3. The van der Waals surface area contributed by atoms with E-state index in [2.05, 4.69) is 49.0 Å². The molecule has 0 aliphatic heterocycles. The van der Waals surface area contributed by atoms with E-state index in [1.807, 2.05) is 173 Å². The van der Waals surface area contributed by atoms with Gasteiger partial charge in [-0.2, -0.15) is 13.2 Å². The first-order chi connectivity index (χ1) is 42.8. The van der Waals surface area contributed by atoms with E-state index >= 15 is 0 Å². The number of carboxylic acid groups (broad SMARTS) is 1. The van der Waals surface area contributed by atoms with E-state index in [1.165, 1.54) is 13.8 Å². The van der Waals surface area contributed by atoms with Crippen LogP contribution in [0.1, 0.15) is 130 Å². The molecule has 6 atom stereocenters. The second kappa shape index (κ2) is 48.3. The lowest BCUT2D eigenvalue weighted by Crippen LogP contribution is -2.70. The molecule has 0 aliphatic carbocycles. The summed E-state index contributed by atoms with van der Waals surface area (Å²) in [6.45, 7) is 21.3. The number of Topliss-reactive ketones (excluding diaryl/α,β-unsaturated/α-hetero) is 2. The monoisotopic (exact) mass is 1260 g/mol. The fourth-order valence-electron chi connectivity index (χ4n) is 8.68. The van der Waals surface area contributed by atoms with Gasteiger partial charge in [0.1, 0.15) is 42.8 Å². The molecule has 502 valence electrons. The second-order valence-electron chi connectivity index (χ2n) is 21.7. The van der Waals surface area contributed by atoms with Crippen LogP contribution in [0.4, 0.5) is 13.2 Å². The van der Waals surface area contributed by atoms with E-state index < -0.39 is 48.4 Å². The van der Waals surface area contributed by atoms with Gasteiger partial charge in [0.05, 0.1) is 18.1 Å². The van der Waals surface area contributed by atoms with Gasteiger partial charge in [0.15, 0.2) is 23.9 Å². The maximum absolute atomic E-state index is 13.5. The van der Waals surface area contributed by atoms with Crippen molar-refractivity contribution in [1.29, 1.82) is 0 Å². The number of nitrogens with one attached hydrogen (secondary N) is 7. The largest absolute Gasteiger partial charge is 0.542 e. The lowest BCUT2D eigenvalue weighted by Gasteiger charge is -2.27. The van der Waals surface area contributed by atoms with Crippen LogP contribution in [-0.4, -0.2) is 137 Å². The van der Waals surface area contributed by atoms with Gasteiger partial charge < -0.3 is 62.3 Å². The number of aryl methyl sites for hydroxylation is 2. The first-order valence-corrected chi connectivity index (χ1v) is 31.1. The SMILES string of the molecule is CC.CCC[C@H](NC(=O)[C@@H](NC(=O)[C@@H](Cc1ccccc1)NCCOc1ccccc1CCCNC)C(C)C)C(C)=O.CCC[C@H](NC(=O)[C@@H](NC(=O)[C@H]([NH3+])Cc1ccccc1)C(C)C)C(C)=O.CNCCCc1ccccc1OCC=O.O=C([O-])C(F)(F)F. The molecule has 0 bridgehead atoms. The lowest BCUT2D eigenvalue weighted by molar-refractivity contribution is -0.403. The molecule has 22 heteroatoms. The number of carboxylic acids is 1. The van der Waals surface area contributed by atoms with Gasteiger partial charge in [-0.15, -0.1) is 0 Å². The molecule has 4 aromatic carbocycles. The van der Waals surface area contributed by atoms with Crippen LogP contribution in [0.3, 0.4) is 0 Å². The standard InChI is InChI=1S/C32H48N4O4.C20H31N3O3.C12H17NO2.C2HF3O2.C2H6/c1-6-13-27(24(4)37)35-32(39)30(23(2)3)36-31(38)28(22-25-14-8-7-9-15-25)34-20-21-40-29-18-11-10-16-26(29)17-12-19-33-5;1-5-9-17(14(4)24)22-20(26)18(13(2)3)23-19(25)16(21)12-15-10-7-6-8-11-15;1-13-8-4-6-11-5-2-3-7-12(11)15-10-9-14;3-2(4,5)1(6)7;1-2/h7-11,14-16,18,23,27-28,30,33-34H,6,12-13,17,19-22H2,1-5H3,(H,35,39)(H,36,38);6-8,10-11,13,16-18H,5,9,12,21H2,1-4H3,(H,22,26)(H,23,25);2-3,5,7,9,13H,4,6,8,10H2,1H3;(H,6,7);1-2H3/t27-,28+,30-;16-,17+,18+;;;/m01.../s1. The number of hydrogen-bond donors (Lipinski definition) is 8. The Labute approximate surface area is 532 Å². The minimum Gasteiger partial charge on any atom is -0.542 e. The fourth-order valence-corrected chi connectivity index (χ4v) is 8.68. The maximum Gasteiger partial charge on any atom is 0.430 e. The summed E-state index contributed by atoms with van der Waals surface area (Å²) in [5, 5.41) is 29.8. The Bertz CT molecular complexity index is 2670. The number of aliphatic carboxylic acids is 1. The molecule has 0 saturated carbocycles. The van der Waals surface area contributed by atoms with Crippen molar-refractivity contribution in [3.8, 4) is 11.5 Å². The molecule has 0 heterocycles. The van der Waals surface area contributed by atoms with Gasteiger partial charge in [0.2, 0.25) is 17.7 Å². The molecule has 4 amide bonds. The van der Waals surface area contributed by atoms with Crippen molar-refractivity contribution >= 4 is 47.5 Å². The first-order valence-electron chi connectivity index (χ1n) is 31.1. The topological polar surface area (TPSA) is 290 Å². The van der Waals surface area contributed by atoms with Crippen molar-refractivity contribution < 1.29 is 71.8 Å². The zero-order chi connectivity index (χ0) is 68.0. The third-order valence-electron chi connectivity index (χ3n) is 13.5. The normalized spacial score (nSPS) is 12.7. The van der Waals surface area contributed by atoms with Crippen LogP contribution in [0.25, 0.3) is 0 Å². The Morgan fingerprint density at radius 3 is 1.32 bits per heavy atom. The zero-order valence-corrected chi connectivity index (χ0v) is 55.0. The molecule has 0 aromatic heterocycles. The van der Waals surface area contributed by atoms with Crippen molar-refractivity contribution in [2.45, 2.75) is 176 Å². The van der Waals surface area contributed by atoms with E-state index in [-0.39, 0.29) is 53.6 Å². The molecule has 4 aromatic rings. The predicted octanol–water partition coefficient (Wildman–Crippen LogP) is 6.03. The number of amides is 4. The van der Waals surface area contributed by atoms with Crippen molar-refractivity contribution in [3.63, 3.8) is 0 Å². The van der Waals surface area contributed by atoms with E-state index in [0.717, 1.165) is 91.7 Å². The van der Waals surface area contributed by atoms with Gasteiger partial charge >= 0.3 is 6.18 Å². The third-order valence-corrected chi connectivity index (χ3v) is 13.5. The Balaban J connectivity index is 0.00000134. The number of alkyl halides is 3. The Morgan fingerprint density at radius 2 is 0.944 bits per heavy atom. The molecular weight excluding hydrogens is 1160 g/mol. The van der Waals surface area contributed by atoms with Crippen LogP contribution in [0.15, 0.2) is 109 Å². The molecule has 0 saturated heterocycles. The number of benzene rings is 4. The summed E-state index contributed by atoms with van der Waals surface area (Å²) in [6.07, 6.45) is 3.24. The average Bonchev–Trinajstić information content (AvgIpc) is 2.68. The van der Waals surface area contributed by atoms with Gasteiger partial charge in [-0.25, -0.2) is 0 Å². The number of para-hydroxylation sites is 2. The smallest absolute Gasteiger partial charge is 0.430 e. The minimum atomic E-state index is -5.19. The molecule has 19 nitrogen and oxygen atoms in total. The van der Waals surface area contributed by atoms with Crippen LogP contribution in [0.5, 0.6) is 11.5 Å². The van der Waals surface area contributed by atoms with Gasteiger partial charge in [-0.05, 0) is 132 Å². The highest BCUT2D eigenvalue weighted by Gasteiger charge is 2.32. The summed E-state index contributed by atoms with van der Waals surface area (Å²) in [6, 6.07) is 31.7. The molecule has 0 spiro atoms. The van der Waals surface area contributed by atoms with Crippen LogP contribution in [-0.2, 0) is 64.0 Å². The van der Waals surface area contributed by atoms with Crippen LogP contribution in [0, 0.1) is 11.8 Å². The van der Waals surface area contributed by atoms with Gasteiger partial charge in [-0.1, -0.05) is 165 Å². The molecule has 0 fully saturated rings. The minimum absolute atomic E-state index is 0.0758. The Hall–Kier alpha value is -7.53. The summed E-state index contributed by atoms with van der Waals surface area (Å²) in [5.41, 5.74) is 8.28. The maximum atomic E-state index is 13.5. The molecule has 0 radical (unpaired) electrons. The first kappa shape index (κ1) is 82.5. The van der Waals surface area contributed by atoms with Crippen LogP contribution >= 0.6 is 0 Å². The average molecular weight is 1270 g/mol. The van der Waals surface area contributed by atoms with Crippen molar-refractivity contribution in [1.82, 2.24) is 37.2 Å². The third kappa shape index (κ3) is 35.6. The molecule has 0 unspecified atom stereocenters. The van der Waals surface area contributed by atoms with E-state index in [1.54, 1.807) is 0 Å². The summed E-state index contributed by atoms with van der Waals surface area (Å²) in [5.74, 6) is -2.94. The quantitative estimate of drug-likeness (QED) is 0.0191. The molecule has 90 heavy (non-hydrogen) atoms. The number of aldehydes is 1. The molecule has 10 N–H and O–H groups in total. The van der Waals surface area contributed by atoms with Crippen LogP contribution in [0.2, 0.25) is 0 Å². The lowest BCUT2D eigenvalue weighted by atomic mass is 10.00. The summed E-state index contributed by atoms with van der Waals surface area (Å²) < 4.78 is 43.0. The van der Waals surface area contributed by atoms with Gasteiger partial charge in [0, 0.05) is 13.0 Å². The van der Waals surface area contributed by atoms with E-state index in [0.29, 0.717) is 38.8 Å². The number of halogens is 3. The molecule has 4 rings (SSSR count). The van der Waals surface area contributed by atoms with Crippen molar-refractivity contribution in [3.05, 3.63) is 131 Å². The second-order valence-corrected chi connectivity index (χ2v) is 21.7.